The van der Waals surface area contributed by atoms with Gasteiger partial charge in [-0.3, -0.25) is 0 Å². The molecule has 1 aromatic rings. The van der Waals surface area contributed by atoms with Crippen molar-refractivity contribution >= 4 is 0 Å². The zero-order valence-electron chi connectivity index (χ0n) is 22.8. The van der Waals surface area contributed by atoms with Crippen LogP contribution < -0.4 is 0 Å². The Morgan fingerprint density at radius 2 is 0.818 bits per heavy atom. The number of benzene rings is 1. The van der Waals surface area contributed by atoms with Crippen LogP contribution in [0.4, 0.5) is 0 Å². The van der Waals surface area contributed by atoms with Crippen LogP contribution in [-0.4, -0.2) is 5.11 Å². The van der Waals surface area contributed by atoms with E-state index < -0.39 is 0 Å². The number of phenolic OH excluding ortho intramolecular Hbond substituents is 1. The molecule has 33 heavy (non-hydrogen) atoms. The number of hydrogen-bond donors (Lipinski definition) is 1. The average Bonchev–Trinajstić information content (AvgIpc) is 2.82. The Hall–Kier alpha value is -0.980. The Kier molecular flexibility index (Phi) is 18.6. The molecule has 0 bridgehead atoms. The summed E-state index contributed by atoms with van der Waals surface area (Å²) in [7, 11) is 0. The van der Waals surface area contributed by atoms with E-state index in [1.54, 1.807) is 0 Å². The molecule has 0 aliphatic carbocycles. The van der Waals surface area contributed by atoms with Crippen LogP contribution in [0.5, 0.6) is 5.75 Å². The van der Waals surface area contributed by atoms with Crippen LogP contribution in [0.3, 0.4) is 0 Å². The van der Waals surface area contributed by atoms with E-state index in [0.29, 0.717) is 5.75 Å². The smallest absolute Gasteiger partial charge is 0.119 e. The zero-order chi connectivity index (χ0) is 24.0. The molecular formula is C32H58O. The first-order valence-electron chi connectivity index (χ1n) is 15.0. The summed E-state index contributed by atoms with van der Waals surface area (Å²) in [5.41, 5.74) is 1.41. The van der Waals surface area contributed by atoms with Crippen molar-refractivity contribution in [3.63, 3.8) is 0 Å². The Bertz CT molecular complexity index is 529. The first-order chi connectivity index (χ1) is 16.2. The van der Waals surface area contributed by atoms with Crippen LogP contribution >= 0.6 is 0 Å². The molecule has 0 aliphatic rings. The highest BCUT2D eigenvalue weighted by Crippen LogP contribution is 2.44. The lowest BCUT2D eigenvalue weighted by Gasteiger charge is -2.36. The van der Waals surface area contributed by atoms with E-state index in [0.717, 1.165) is 0 Å². The summed E-state index contributed by atoms with van der Waals surface area (Å²) in [5, 5.41) is 10.8. The maximum Gasteiger partial charge on any atom is 0.119 e. The summed E-state index contributed by atoms with van der Waals surface area (Å²) < 4.78 is 0. The molecular weight excluding hydrogens is 400 g/mol. The lowest BCUT2D eigenvalue weighted by Crippen LogP contribution is -2.27. The van der Waals surface area contributed by atoms with Crippen molar-refractivity contribution in [2.75, 3.05) is 0 Å². The molecule has 0 saturated carbocycles. The Labute approximate surface area is 208 Å². The number of unbranched alkanes of at least 4 members (excludes halogenated alkanes) is 16. The number of phenols is 1. The highest BCUT2D eigenvalue weighted by atomic mass is 16.3. The maximum atomic E-state index is 10.8. The van der Waals surface area contributed by atoms with E-state index in [9.17, 15) is 5.11 Å². The topological polar surface area (TPSA) is 20.2 Å². The van der Waals surface area contributed by atoms with Crippen LogP contribution in [0.1, 0.15) is 168 Å². The standard InChI is InChI=1S/C32H58O/c1-4-7-10-12-14-16-18-23-28-32(27-22-9-6-3,30-25-20-21-26-31(30)33)29-24-19-17-15-13-11-8-5-2/h20-21,25-26,33H,4-19,22-24,27-29H2,1-3H3. The summed E-state index contributed by atoms with van der Waals surface area (Å²) in [5.74, 6) is 0.535. The van der Waals surface area contributed by atoms with E-state index in [1.165, 1.54) is 147 Å². The predicted molar refractivity (Wildman–Crippen MR) is 148 cm³/mol. The largest absolute Gasteiger partial charge is 0.508 e. The monoisotopic (exact) mass is 458 g/mol. The minimum Gasteiger partial charge on any atom is -0.508 e. The summed E-state index contributed by atoms with van der Waals surface area (Å²) in [6, 6.07) is 8.29. The van der Waals surface area contributed by atoms with Crippen molar-refractivity contribution in [3.05, 3.63) is 29.8 Å². The van der Waals surface area contributed by atoms with Crippen LogP contribution in [0.25, 0.3) is 0 Å². The molecule has 1 N–H and O–H groups in total. The van der Waals surface area contributed by atoms with Gasteiger partial charge in [-0.05, 0) is 30.7 Å². The van der Waals surface area contributed by atoms with Crippen LogP contribution in [0, 0.1) is 0 Å². The van der Waals surface area contributed by atoms with Crippen molar-refractivity contribution in [3.8, 4) is 5.75 Å². The van der Waals surface area contributed by atoms with Crippen LogP contribution in [0.2, 0.25) is 0 Å². The second kappa shape index (κ2) is 20.4. The van der Waals surface area contributed by atoms with Gasteiger partial charge in [-0.1, -0.05) is 161 Å². The number of rotatable bonds is 23. The Morgan fingerprint density at radius 1 is 0.485 bits per heavy atom. The fraction of sp³-hybridized carbons (Fsp3) is 0.812. The third-order valence-electron chi connectivity index (χ3n) is 7.75. The number of hydrogen-bond acceptors (Lipinski definition) is 1. The normalized spacial score (nSPS) is 11.8. The first-order valence-corrected chi connectivity index (χ1v) is 15.0. The van der Waals surface area contributed by atoms with Crippen molar-refractivity contribution in [2.45, 2.75) is 167 Å². The number of para-hydroxylation sites is 1. The molecule has 0 amide bonds. The van der Waals surface area contributed by atoms with Crippen LogP contribution in [0.15, 0.2) is 24.3 Å². The van der Waals surface area contributed by atoms with Gasteiger partial charge < -0.3 is 5.11 Å². The molecule has 0 radical (unpaired) electrons. The molecule has 1 nitrogen and oxygen atoms in total. The second-order valence-electron chi connectivity index (χ2n) is 10.7. The third-order valence-corrected chi connectivity index (χ3v) is 7.75. The minimum absolute atomic E-state index is 0.172. The van der Waals surface area contributed by atoms with Gasteiger partial charge in [0.2, 0.25) is 0 Å². The predicted octanol–water partition coefficient (Wildman–Crippen LogP) is 11.3. The molecule has 0 heterocycles. The van der Waals surface area contributed by atoms with Crippen molar-refractivity contribution < 1.29 is 5.11 Å². The van der Waals surface area contributed by atoms with Gasteiger partial charge >= 0.3 is 0 Å². The molecule has 0 fully saturated rings. The van der Waals surface area contributed by atoms with E-state index in [2.05, 4.69) is 32.9 Å². The zero-order valence-corrected chi connectivity index (χ0v) is 22.8. The summed E-state index contributed by atoms with van der Waals surface area (Å²) >= 11 is 0. The van der Waals surface area contributed by atoms with Gasteiger partial charge in [-0.15, -0.1) is 0 Å². The minimum atomic E-state index is 0.172. The third kappa shape index (κ3) is 13.5. The molecule has 0 spiro atoms. The van der Waals surface area contributed by atoms with Gasteiger partial charge in [0.25, 0.3) is 0 Å². The quantitative estimate of drug-likeness (QED) is 0.162. The van der Waals surface area contributed by atoms with E-state index in [1.807, 2.05) is 12.1 Å². The maximum absolute atomic E-state index is 10.8. The Morgan fingerprint density at radius 3 is 1.24 bits per heavy atom. The first kappa shape index (κ1) is 30.1. The highest BCUT2D eigenvalue weighted by Gasteiger charge is 2.32. The van der Waals surface area contributed by atoms with Crippen molar-refractivity contribution in [2.24, 2.45) is 0 Å². The summed E-state index contributed by atoms with van der Waals surface area (Å²) in [6.45, 7) is 6.89. The van der Waals surface area contributed by atoms with Gasteiger partial charge in [0.1, 0.15) is 5.75 Å². The fourth-order valence-electron chi connectivity index (χ4n) is 5.61. The molecule has 0 atom stereocenters. The molecule has 1 heteroatoms. The van der Waals surface area contributed by atoms with Crippen LogP contribution in [-0.2, 0) is 5.41 Å². The lowest BCUT2D eigenvalue weighted by atomic mass is 9.69. The van der Waals surface area contributed by atoms with Crippen molar-refractivity contribution in [1.82, 2.24) is 0 Å². The van der Waals surface area contributed by atoms with Gasteiger partial charge in [-0.2, -0.15) is 0 Å². The SMILES string of the molecule is CCCCCCCCCCC(CCCCC)(CCCCCCCCCC)c1ccccc1O. The van der Waals surface area contributed by atoms with Gasteiger partial charge in [0.05, 0.1) is 0 Å². The molecule has 192 valence electrons. The van der Waals surface area contributed by atoms with Crippen molar-refractivity contribution in [1.29, 1.82) is 0 Å². The summed E-state index contributed by atoms with van der Waals surface area (Å²) in [4.78, 5) is 0. The molecule has 0 saturated heterocycles. The van der Waals surface area contributed by atoms with Gasteiger partial charge in [0, 0.05) is 5.56 Å². The summed E-state index contributed by atoms with van der Waals surface area (Å²) in [6.07, 6.45) is 29.6. The molecule has 1 aromatic carbocycles. The number of aromatic hydroxyl groups is 1. The Balaban J connectivity index is 2.69. The molecule has 1 rings (SSSR count). The van der Waals surface area contributed by atoms with E-state index in [-0.39, 0.29) is 5.41 Å². The van der Waals surface area contributed by atoms with E-state index >= 15 is 0 Å². The van der Waals surface area contributed by atoms with Gasteiger partial charge in [0.15, 0.2) is 0 Å². The highest BCUT2D eigenvalue weighted by molar-refractivity contribution is 5.38. The lowest BCUT2D eigenvalue weighted by molar-refractivity contribution is 0.290. The second-order valence-corrected chi connectivity index (χ2v) is 10.7. The molecule has 0 aliphatic heterocycles. The molecule has 0 unspecified atom stereocenters. The van der Waals surface area contributed by atoms with E-state index in [4.69, 9.17) is 0 Å². The fourth-order valence-corrected chi connectivity index (χ4v) is 5.61. The average molecular weight is 459 g/mol. The van der Waals surface area contributed by atoms with Gasteiger partial charge in [-0.25, -0.2) is 0 Å². The molecule has 0 aromatic heterocycles.